The Balaban J connectivity index is 0.000000360. The molecule has 38 valence electrons. The molecule has 0 spiro atoms. The van der Waals surface area contributed by atoms with Gasteiger partial charge in [0.25, 0.3) is 0 Å². The normalized spacial score (nSPS) is 7.57. The van der Waals surface area contributed by atoms with Gasteiger partial charge >= 0.3 is 0 Å². The molecule has 0 aliphatic rings. The van der Waals surface area contributed by atoms with E-state index >= 15 is 0 Å². The van der Waals surface area contributed by atoms with Crippen LogP contribution in [-0.2, 0) is 0 Å². The minimum atomic E-state index is 0. The second-order valence-electron chi connectivity index (χ2n) is 0.958. The fourth-order valence-corrected chi connectivity index (χ4v) is 0.569. The summed E-state index contributed by atoms with van der Waals surface area (Å²) in [6.07, 6.45) is 0. The van der Waals surface area contributed by atoms with E-state index in [9.17, 15) is 0 Å². The molecule has 4 heteroatoms. The molecule has 0 saturated carbocycles. The summed E-state index contributed by atoms with van der Waals surface area (Å²) in [7, 11) is 0. The van der Waals surface area contributed by atoms with Crippen molar-refractivity contribution < 1.29 is 0 Å². The van der Waals surface area contributed by atoms with Gasteiger partial charge in [-0.25, -0.2) is 0 Å². The van der Waals surface area contributed by atoms with Crippen LogP contribution >= 0.6 is 11.3 Å². The van der Waals surface area contributed by atoms with E-state index in [4.69, 9.17) is 0 Å². The first-order valence-corrected chi connectivity index (χ1v) is 2.50. The van der Waals surface area contributed by atoms with Crippen molar-refractivity contribution in [3.8, 4) is 0 Å². The molecule has 0 aliphatic carbocycles. The third-order valence-corrected chi connectivity index (χ3v) is 1.09. The second kappa shape index (κ2) is 3.13. The van der Waals surface area contributed by atoms with Crippen LogP contribution in [0.2, 0.25) is 0 Å². The number of aryl methyl sites for hydroxylation is 1. The van der Waals surface area contributed by atoms with Gasteiger partial charge in [0.15, 0.2) is 0 Å². The van der Waals surface area contributed by atoms with Crippen LogP contribution in [0.1, 0.15) is 5.01 Å². The summed E-state index contributed by atoms with van der Waals surface area (Å²) in [4.78, 5) is 0. The van der Waals surface area contributed by atoms with Gasteiger partial charge in [-0.1, -0.05) is 0 Å². The molecular formula is C3H4N2SSe. The van der Waals surface area contributed by atoms with E-state index < -0.39 is 0 Å². The zero-order valence-electron chi connectivity index (χ0n) is 3.79. The van der Waals surface area contributed by atoms with Crippen LogP contribution in [0.3, 0.4) is 0 Å². The molecule has 2 nitrogen and oxygen atoms in total. The van der Waals surface area contributed by atoms with Crippen LogP contribution in [0.5, 0.6) is 0 Å². The minimum Gasteiger partial charge on any atom is -0.147 e. The average Bonchev–Trinajstić information content (AvgIpc) is 1.86. The molecule has 0 bridgehead atoms. The summed E-state index contributed by atoms with van der Waals surface area (Å²) in [5.74, 6) is 0. The Bertz CT molecular complexity index is 116. The van der Waals surface area contributed by atoms with Crippen LogP contribution in [0.25, 0.3) is 0 Å². The average molecular weight is 179 g/mol. The topological polar surface area (TPSA) is 25.8 Å². The van der Waals surface area contributed by atoms with E-state index in [1.54, 1.807) is 16.8 Å². The van der Waals surface area contributed by atoms with E-state index in [2.05, 4.69) is 10.2 Å². The molecule has 0 amide bonds. The maximum atomic E-state index is 3.69. The van der Waals surface area contributed by atoms with Crippen LogP contribution in [0, 0.1) is 6.92 Å². The van der Waals surface area contributed by atoms with Crippen LogP contribution in [0.4, 0.5) is 0 Å². The summed E-state index contributed by atoms with van der Waals surface area (Å²) < 4.78 is 0. The molecule has 2 radical (unpaired) electrons. The first kappa shape index (κ1) is 7.08. The molecule has 0 N–H and O–H groups in total. The van der Waals surface area contributed by atoms with Crippen molar-refractivity contribution in [3.05, 3.63) is 10.5 Å². The van der Waals surface area contributed by atoms with Crippen LogP contribution in [-0.4, -0.2) is 27.3 Å². The number of hydrogen-bond donors (Lipinski definition) is 0. The molecule has 0 aliphatic heterocycles. The fraction of sp³-hybridized carbons (Fsp3) is 0.333. The third kappa shape index (κ3) is 2.02. The standard InChI is InChI=1S/C3H4N2S.Se/c1-3-5-4-2-6-3;/h2H,1H3;. The Labute approximate surface area is 56.4 Å². The third-order valence-electron chi connectivity index (χ3n) is 0.469. The predicted molar refractivity (Wildman–Crippen MR) is 30.4 cm³/mol. The minimum absolute atomic E-state index is 0. The molecule has 1 rings (SSSR count). The monoisotopic (exact) mass is 180 g/mol. The molecule has 7 heavy (non-hydrogen) atoms. The zero-order chi connectivity index (χ0) is 4.41. The van der Waals surface area contributed by atoms with E-state index in [0.717, 1.165) is 5.01 Å². The summed E-state index contributed by atoms with van der Waals surface area (Å²) >= 11 is 1.56. The number of rotatable bonds is 0. The Morgan fingerprint density at radius 3 is 2.57 bits per heavy atom. The van der Waals surface area contributed by atoms with Gasteiger partial charge < -0.3 is 0 Å². The van der Waals surface area contributed by atoms with Gasteiger partial charge in [0.1, 0.15) is 10.5 Å². The van der Waals surface area contributed by atoms with Gasteiger partial charge in [-0.05, 0) is 6.92 Å². The summed E-state index contributed by atoms with van der Waals surface area (Å²) in [5.41, 5.74) is 1.72. The second-order valence-corrected chi connectivity index (χ2v) is 2.00. The number of hydrogen-bond acceptors (Lipinski definition) is 3. The summed E-state index contributed by atoms with van der Waals surface area (Å²) in [6, 6.07) is 0. The van der Waals surface area contributed by atoms with Crippen molar-refractivity contribution in [1.29, 1.82) is 0 Å². The van der Waals surface area contributed by atoms with E-state index in [1.165, 1.54) is 0 Å². The summed E-state index contributed by atoms with van der Waals surface area (Å²) in [5, 5.41) is 8.30. The molecule has 1 aromatic rings. The first-order chi connectivity index (χ1) is 2.89. The van der Waals surface area contributed by atoms with Gasteiger partial charge in [-0.3, -0.25) is 0 Å². The molecular weight excluding hydrogens is 175 g/mol. The van der Waals surface area contributed by atoms with Crippen molar-refractivity contribution in [2.75, 3.05) is 0 Å². The van der Waals surface area contributed by atoms with Gasteiger partial charge in [0.05, 0.1) is 0 Å². The van der Waals surface area contributed by atoms with E-state index in [0.29, 0.717) is 0 Å². The Morgan fingerprint density at radius 1 is 1.71 bits per heavy atom. The molecule has 0 atom stereocenters. The SMILES string of the molecule is Cc1nncs1.[Se]. The van der Waals surface area contributed by atoms with E-state index in [1.807, 2.05) is 6.92 Å². The van der Waals surface area contributed by atoms with Crippen LogP contribution < -0.4 is 0 Å². The van der Waals surface area contributed by atoms with Crippen LogP contribution in [0.15, 0.2) is 5.51 Å². The van der Waals surface area contributed by atoms with Gasteiger partial charge in [0, 0.05) is 17.1 Å². The number of nitrogens with zero attached hydrogens (tertiary/aromatic N) is 2. The van der Waals surface area contributed by atoms with Gasteiger partial charge in [0.2, 0.25) is 0 Å². The van der Waals surface area contributed by atoms with Gasteiger partial charge in [-0.2, -0.15) is 0 Å². The van der Waals surface area contributed by atoms with Crippen molar-refractivity contribution in [1.82, 2.24) is 10.2 Å². The summed E-state index contributed by atoms with van der Waals surface area (Å²) in [6.45, 7) is 1.93. The maximum absolute atomic E-state index is 3.69. The quantitative estimate of drug-likeness (QED) is 0.541. The van der Waals surface area contributed by atoms with Crippen molar-refractivity contribution in [2.24, 2.45) is 0 Å². The smallest absolute Gasteiger partial charge is 0.114 e. The largest absolute Gasteiger partial charge is 0.147 e. The zero-order valence-corrected chi connectivity index (χ0v) is 6.32. The fourth-order valence-electron chi connectivity index (χ4n) is 0.228. The maximum Gasteiger partial charge on any atom is 0.114 e. The van der Waals surface area contributed by atoms with Crippen molar-refractivity contribution in [3.63, 3.8) is 0 Å². The predicted octanol–water partition coefficient (Wildman–Crippen LogP) is 0.466. The van der Waals surface area contributed by atoms with Gasteiger partial charge in [-0.15, -0.1) is 21.5 Å². The first-order valence-electron chi connectivity index (χ1n) is 1.62. The molecule has 0 unspecified atom stereocenters. The molecule has 0 aromatic carbocycles. The molecule has 0 saturated heterocycles. The Hall–Kier alpha value is 0.0795. The Morgan fingerprint density at radius 2 is 2.43 bits per heavy atom. The number of aromatic nitrogens is 2. The van der Waals surface area contributed by atoms with Crippen molar-refractivity contribution >= 4 is 28.4 Å². The van der Waals surface area contributed by atoms with Crippen molar-refractivity contribution in [2.45, 2.75) is 6.92 Å². The molecule has 1 heterocycles. The Kier molecular flexibility index (Phi) is 3.17. The molecule has 1 aromatic heterocycles. The van der Waals surface area contributed by atoms with E-state index in [-0.39, 0.29) is 17.1 Å². The molecule has 0 fully saturated rings.